The number of hydrogen-bond donors (Lipinski definition) is 0. The van der Waals surface area contributed by atoms with Gasteiger partial charge in [-0.15, -0.1) is 0 Å². The van der Waals surface area contributed by atoms with Crippen molar-refractivity contribution in [1.29, 1.82) is 0 Å². The summed E-state index contributed by atoms with van der Waals surface area (Å²) in [5.74, 6) is -0.785. The monoisotopic (exact) mass is 321 g/mol. The van der Waals surface area contributed by atoms with Crippen molar-refractivity contribution in [3.05, 3.63) is 64.2 Å². The summed E-state index contributed by atoms with van der Waals surface area (Å²) in [4.78, 5) is 21.2. The van der Waals surface area contributed by atoms with Crippen LogP contribution < -0.4 is 0 Å². The molecule has 0 aromatic heterocycles. The molecule has 0 atom stereocenters. The van der Waals surface area contributed by atoms with Crippen LogP contribution in [-0.4, -0.2) is 26.4 Å². The minimum absolute atomic E-state index is 0.0658. The normalized spacial score (nSPS) is 11.0. The van der Waals surface area contributed by atoms with Crippen molar-refractivity contribution in [1.82, 2.24) is 0 Å². The molecule has 0 aliphatic rings. The minimum Gasteiger partial charge on any atom is -0.465 e. The summed E-state index contributed by atoms with van der Waals surface area (Å²) in [6.07, 6.45) is 0. The highest BCUT2D eigenvalue weighted by Crippen LogP contribution is 2.30. The van der Waals surface area contributed by atoms with Crippen molar-refractivity contribution >= 4 is 21.5 Å². The molecule has 0 radical (unpaired) electrons. The second-order valence-corrected chi connectivity index (χ2v) is 6.17. The fourth-order valence-electron chi connectivity index (χ4n) is 1.86. The van der Waals surface area contributed by atoms with Gasteiger partial charge >= 0.3 is 5.97 Å². The quantitative estimate of drug-likeness (QED) is 0.486. The summed E-state index contributed by atoms with van der Waals surface area (Å²) in [7, 11) is -2.93. The third-order valence-electron chi connectivity index (χ3n) is 2.92. The molecule has 0 aliphatic carbocycles. The lowest BCUT2D eigenvalue weighted by Crippen LogP contribution is -2.08. The van der Waals surface area contributed by atoms with Gasteiger partial charge < -0.3 is 4.74 Å². The number of carbonyl (C=O) groups excluding carboxylic acids is 1. The number of sulfone groups is 1. The van der Waals surface area contributed by atoms with Crippen molar-refractivity contribution in [2.24, 2.45) is 0 Å². The zero-order valence-electron chi connectivity index (χ0n) is 11.4. The number of esters is 1. The first kappa shape index (κ1) is 15.6. The lowest BCUT2D eigenvalue weighted by molar-refractivity contribution is -0.387. The third-order valence-corrected chi connectivity index (χ3v) is 4.74. The molecule has 0 N–H and O–H groups in total. The van der Waals surface area contributed by atoms with E-state index in [0.717, 1.165) is 19.2 Å². The molecular formula is C14H11NO6S. The molecule has 22 heavy (non-hydrogen) atoms. The van der Waals surface area contributed by atoms with Crippen LogP contribution in [0.3, 0.4) is 0 Å². The molecule has 7 nitrogen and oxygen atoms in total. The molecule has 0 heterocycles. The van der Waals surface area contributed by atoms with Gasteiger partial charge in [0.1, 0.15) is 4.90 Å². The van der Waals surface area contributed by atoms with Gasteiger partial charge in [-0.2, -0.15) is 0 Å². The summed E-state index contributed by atoms with van der Waals surface area (Å²) in [6, 6.07) is 10.4. The maximum Gasteiger partial charge on any atom is 0.338 e. The first-order chi connectivity index (χ1) is 10.4. The summed E-state index contributed by atoms with van der Waals surface area (Å²) in [5, 5.41) is 11.2. The molecular weight excluding hydrogens is 310 g/mol. The van der Waals surface area contributed by atoms with Crippen LogP contribution in [0.25, 0.3) is 0 Å². The number of nitro benzene ring substituents is 1. The maximum absolute atomic E-state index is 12.5. The molecule has 0 saturated carbocycles. The zero-order valence-corrected chi connectivity index (χ0v) is 12.2. The van der Waals surface area contributed by atoms with Crippen molar-refractivity contribution in [3.8, 4) is 0 Å². The van der Waals surface area contributed by atoms with Crippen LogP contribution in [0.5, 0.6) is 0 Å². The van der Waals surface area contributed by atoms with Crippen LogP contribution in [0.4, 0.5) is 5.69 Å². The Morgan fingerprint density at radius 2 is 1.77 bits per heavy atom. The predicted molar refractivity (Wildman–Crippen MR) is 76.3 cm³/mol. The Labute approximate surface area is 126 Å². The zero-order chi connectivity index (χ0) is 16.3. The van der Waals surface area contributed by atoms with Gasteiger partial charge in [-0.05, 0) is 24.3 Å². The van der Waals surface area contributed by atoms with Gasteiger partial charge in [0.25, 0.3) is 5.69 Å². The number of nitro groups is 1. The Hall–Kier alpha value is -2.74. The van der Waals surface area contributed by atoms with Gasteiger partial charge in [0, 0.05) is 6.07 Å². The highest BCUT2D eigenvalue weighted by atomic mass is 32.2. The molecule has 2 rings (SSSR count). The Bertz CT molecular complexity index is 830. The van der Waals surface area contributed by atoms with E-state index in [-0.39, 0.29) is 10.5 Å². The maximum atomic E-state index is 12.5. The number of benzene rings is 2. The Kier molecular flexibility index (Phi) is 4.22. The van der Waals surface area contributed by atoms with Crippen LogP contribution >= 0.6 is 0 Å². The molecule has 0 spiro atoms. The first-order valence-corrected chi connectivity index (χ1v) is 7.53. The molecule has 114 valence electrons. The first-order valence-electron chi connectivity index (χ1n) is 6.05. The van der Waals surface area contributed by atoms with Gasteiger partial charge in [-0.25, -0.2) is 13.2 Å². The average molecular weight is 321 g/mol. The van der Waals surface area contributed by atoms with E-state index in [1.165, 1.54) is 30.3 Å². The molecule has 2 aromatic rings. The smallest absolute Gasteiger partial charge is 0.338 e. The second-order valence-electron chi connectivity index (χ2n) is 4.25. The molecule has 0 aliphatic heterocycles. The summed E-state index contributed by atoms with van der Waals surface area (Å²) >= 11 is 0. The Balaban J connectivity index is 2.66. The van der Waals surface area contributed by atoms with E-state index in [0.29, 0.717) is 0 Å². The van der Waals surface area contributed by atoms with Crippen molar-refractivity contribution in [2.45, 2.75) is 9.79 Å². The van der Waals surface area contributed by atoms with E-state index in [9.17, 15) is 23.3 Å². The fraction of sp³-hybridized carbons (Fsp3) is 0.0714. The second kappa shape index (κ2) is 5.94. The fourth-order valence-corrected chi connectivity index (χ4v) is 3.28. The van der Waals surface area contributed by atoms with Gasteiger partial charge in [0.15, 0.2) is 0 Å². The number of carbonyl (C=O) groups is 1. The van der Waals surface area contributed by atoms with Crippen LogP contribution in [0.1, 0.15) is 10.4 Å². The molecule has 0 saturated heterocycles. The van der Waals surface area contributed by atoms with Crippen LogP contribution in [0, 0.1) is 10.1 Å². The van der Waals surface area contributed by atoms with E-state index in [4.69, 9.17) is 0 Å². The highest BCUT2D eigenvalue weighted by molar-refractivity contribution is 7.91. The van der Waals surface area contributed by atoms with E-state index in [2.05, 4.69) is 4.74 Å². The van der Waals surface area contributed by atoms with Gasteiger partial charge in [0.05, 0.1) is 22.5 Å². The molecule has 0 fully saturated rings. The standard InChI is InChI=1S/C14H11NO6S/c1-21-14(16)10-7-8-13(12(9-10)15(17)18)22(19,20)11-5-3-2-4-6-11/h2-9H,1H3. The number of methoxy groups -OCH3 is 1. The van der Waals surface area contributed by atoms with Crippen molar-refractivity contribution in [3.63, 3.8) is 0 Å². The summed E-state index contributed by atoms with van der Waals surface area (Å²) in [6.45, 7) is 0. The van der Waals surface area contributed by atoms with Gasteiger partial charge in [0.2, 0.25) is 9.84 Å². The van der Waals surface area contributed by atoms with Gasteiger partial charge in [-0.1, -0.05) is 18.2 Å². The van der Waals surface area contributed by atoms with E-state index >= 15 is 0 Å². The van der Waals surface area contributed by atoms with Crippen molar-refractivity contribution in [2.75, 3.05) is 7.11 Å². The van der Waals surface area contributed by atoms with E-state index in [1.807, 2.05) is 0 Å². The van der Waals surface area contributed by atoms with Gasteiger partial charge in [-0.3, -0.25) is 10.1 Å². The van der Waals surface area contributed by atoms with Crippen LogP contribution in [0.2, 0.25) is 0 Å². The number of rotatable bonds is 4. The molecule has 0 unspecified atom stereocenters. The average Bonchev–Trinajstić information content (AvgIpc) is 2.54. The number of nitrogens with zero attached hydrogens (tertiary/aromatic N) is 1. The number of hydrogen-bond acceptors (Lipinski definition) is 6. The SMILES string of the molecule is COC(=O)c1ccc(S(=O)(=O)c2ccccc2)c([N+](=O)[O-])c1. The highest BCUT2D eigenvalue weighted by Gasteiger charge is 2.28. The van der Waals surface area contributed by atoms with E-state index in [1.54, 1.807) is 6.07 Å². The van der Waals surface area contributed by atoms with Crippen LogP contribution in [-0.2, 0) is 14.6 Å². The number of ether oxygens (including phenoxy) is 1. The Morgan fingerprint density at radius 3 is 2.32 bits per heavy atom. The predicted octanol–water partition coefficient (Wildman–Crippen LogP) is 2.21. The summed E-state index contributed by atoms with van der Waals surface area (Å²) < 4.78 is 29.4. The molecule has 0 bridgehead atoms. The lowest BCUT2D eigenvalue weighted by Gasteiger charge is -2.07. The molecule has 0 amide bonds. The summed E-state index contributed by atoms with van der Waals surface area (Å²) in [5.41, 5.74) is -0.770. The minimum atomic E-state index is -4.06. The topological polar surface area (TPSA) is 104 Å². The largest absolute Gasteiger partial charge is 0.465 e. The molecule has 2 aromatic carbocycles. The third kappa shape index (κ3) is 2.82. The van der Waals surface area contributed by atoms with Crippen LogP contribution in [0.15, 0.2) is 58.3 Å². The van der Waals surface area contributed by atoms with Crippen molar-refractivity contribution < 1.29 is 22.9 Å². The van der Waals surface area contributed by atoms with E-state index < -0.39 is 31.3 Å². The molecule has 8 heteroatoms. The Morgan fingerprint density at radius 1 is 1.14 bits per heavy atom. The lowest BCUT2D eigenvalue weighted by atomic mass is 10.2.